The smallest absolute Gasteiger partial charge is 0.252 e. The zero-order valence-corrected chi connectivity index (χ0v) is 14.2. The predicted octanol–water partition coefficient (Wildman–Crippen LogP) is 1.96. The SMILES string of the molecule is CSc1ccc2cc(CN3CCC(=O)NC[C@H]3C)c(=O)[nH]c2c1. The molecule has 0 unspecified atom stereocenters. The van der Waals surface area contributed by atoms with Gasteiger partial charge >= 0.3 is 0 Å². The number of benzene rings is 1. The summed E-state index contributed by atoms with van der Waals surface area (Å²) in [6.07, 6.45) is 2.50. The van der Waals surface area contributed by atoms with E-state index in [2.05, 4.69) is 28.2 Å². The molecule has 1 aliphatic heterocycles. The van der Waals surface area contributed by atoms with Crippen LogP contribution in [0.1, 0.15) is 18.9 Å². The molecule has 23 heavy (non-hydrogen) atoms. The lowest BCUT2D eigenvalue weighted by atomic mass is 10.1. The van der Waals surface area contributed by atoms with Crippen LogP contribution in [-0.2, 0) is 11.3 Å². The highest BCUT2D eigenvalue weighted by Gasteiger charge is 2.21. The van der Waals surface area contributed by atoms with Gasteiger partial charge in [0.05, 0.1) is 0 Å². The van der Waals surface area contributed by atoms with Crippen LogP contribution in [0, 0.1) is 0 Å². The summed E-state index contributed by atoms with van der Waals surface area (Å²) >= 11 is 1.66. The first-order valence-electron chi connectivity index (χ1n) is 7.77. The highest BCUT2D eigenvalue weighted by Crippen LogP contribution is 2.20. The number of amides is 1. The summed E-state index contributed by atoms with van der Waals surface area (Å²) in [5, 5.41) is 3.93. The Hall–Kier alpha value is -1.79. The molecular weight excluding hydrogens is 310 g/mol. The molecule has 0 saturated carbocycles. The van der Waals surface area contributed by atoms with Gasteiger partial charge in [0, 0.05) is 48.1 Å². The van der Waals surface area contributed by atoms with Gasteiger partial charge in [-0.2, -0.15) is 0 Å². The number of fused-ring (bicyclic) bond motifs is 1. The van der Waals surface area contributed by atoms with E-state index in [-0.39, 0.29) is 17.5 Å². The number of thioether (sulfide) groups is 1. The number of hydrogen-bond donors (Lipinski definition) is 2. The number of rotatable bonds is 3. The summed E-state index contributed by atoms with van der Waals surface area (Å²) in [6, 6.07) is 8.28. The minimum atomic E-state index is -0.0496. The lowest BCUT2D eigenvalue weighted by Crippen LogP contribution is -2.38. The highest BCUT2D eigenvalue weighted by atomic mass is 32.2. The summed E-state index contributed by atoms with van der Waals surface area (Å²) in [4.78, 5) is 30.2. The van der Waals surface area contributed by atoms with E-state index in [0.29, 0.717) is 26.1 Å². The van der Waals surface area contributed by atoms with Gasteiger partial charge in [-0.15, -0.1) is 11.8 Å². The molecule has 6 heteroatoms. The Balaban J connectivity index is 1.89. The van der Waals surface area contributed by atoms with E-state index < -0.39 is 0 Å². The summed E-state index contributed by atoms with van der Waals surface area (Å²) in [5.41, 5.74) is 1.56. The van der Waals surface area contributed by atoms with Crippen molar-refractivity contribution < 1.29 is 4.79 Å². The molecule has 0 bridgehead atoms. The maximum atomic E-state index is 12.4. The molecule has 1 fully saturated rings. The second kappa shape index (κ2) is 6.76. The van der Waals surface area contributed by atoms with E-state index in [1.807, 2.05) is 24.5 Å². The Kier molecular flexibility index (Phi) is 4.73. The van der Waals surface area contributed by atoms with Crippen molar-refractivity contribution in [1.29, 1.82) is 0 Å². The Morgan fingerprint density at radius 1 is 1.30 bits per heavy atom. The zero-order valence-electron chi connectivity index (χ0n) is 13.4. The van der Waals surface area contributed by atoms with E-state index >= 15 is 0 Å². The van der Waals surface area contributed by atoms with Gasteiger partial charge in [0.15, 0.2) is 0 Å². The zero-order chi connectivity index (χ0) is 16.4. The minimum Gasteiger partial charge on any atom is -0.355 e. The fourth-order valence-electron chi connectivity index (χ4n) is 2.87. The maximum Gasteiger partial charge on any atom is 0.252 e. The van der Waals surface area contributed by atoms with E-state index in [1.54, 1.807) is 11.8 Å². The molecule has 0 radical (unpaired) electrons. The van der Waals surface area contributed by atoms with Gasteiger partial charge in [-0.1, -0.05) is 6.07 Å². The van der Waals surface area contributed by atoms with Crippen LogP contribution in [0.3, 0.4) is 0 Å². The van der Waals surface area contributed by atoms with Crippen molar-refractivity contribution in [3.8, 4) is 0 Å². The molecule has 0 aliphatic carbocycles. The molecule has 2 aromatic rings. The van der Waals surface area contributed by atoms with Crippen molar-refractivity contribution in [2.45, 2.75) is 30.8 Å². The first-order chi connectivity index (χ1) is 11.1. The highest BCUT2D eigenvalue weighted by molar-refractivity contribution is 7.98. The minimum absolute atomic E-state index is 0.0496. The summed E-state index contributed by atoms with van der Waals surface area (Å²) in [7, 11) is 0. The van der Waals surface area contributed by atoms with Gasteiger partial charge in [0.1, 0.15) is 0 Å². The van der Waals surface area contributed by atoms with Crippen molar-refractivity contribution in [3.63, 3.8) is 0 Å². The molecule has 1 aliphatic rings. The fourth-order valence-corrected chi connectivity index (χ4v) is 3.31. The normalized spacial score (nSPS) is 19.6. The van der Waals surface area contributed by atoms with Crippen molar-refractivity contribution in [1.82, 2.24) is 15.2 Å². The lowest BCUT2D eigenvalue weighted by molar-refractivity contribution is -0.120. The van der Waals surface area contributed by atoms with Gasteiger partial charge < -0.3 is 10.3 Å². The van der Waals surface area contributed by atoms with Crippen LogP contribution in [0.5, 0.6) is 0 Å². The van der Waals surface area contributed by atoms with Crippen LogP contribution in [0.15, 0.2) is 34.0 Å². The lowest BCUT2D eigenvalue weighted by Gasteiger charge is -2.25. The Morgan fingerprint density at radius 2 is 2.13 bits per heavy atom. The third-order valence-corrected chi connectivity index (χ3v) is 5.07. The fraction of sp³-hybridized carbons (Fsp3) is 0.412. The molecule has 2 heterocycles. The third kappa shape index (κ3) is 3.59. The Labute approximate surface area is 139 Å². The number of carbonyl (C=O) groups excluding carboxylic acids is 1. The monoisotopic (exact) mass is 331 g/mol. The number of H-pyrrole nitrogens is 1. The first kappa shape index (κ1) is 16.1. The van der Waals surface area contributed by atoms with E-state index in [4.69, 9.17) is 0 Å². The second-order valence-corrected chi connectivity index (χ2v) is 6.83. The number of nitrogens with zero attached hydrogens (tertiary/aromatic N) is 1. The molecule has 122 valence electrons. The van der Waals surface area contributed by atoms with E-state index in [0.717, 1.165) is 21.4 Å². The van der Waals surface area contributed by atoms with Gasteiger partial charge in [0.2, 0.25) is 5.91 Å². The predicted molar refractivity (Wildman–Crippen MR) is 93.8 cm³/mol. The van der Waals surface area contributed by atoms with Gasteiger partial charge in [-0.05, 0) is 36.8 Å². The molecule has 1 amide bonds. The van der Waals surface area contributed by atoms with Crippen LogP contribution >= 0.6 is 11.8 Å². The summed E-state index contributed by atoms with van der Waals surface area (Å²) < 4.78 is 0. The molecular formula is C17H21N3O2S. The average molecular weight is 331 g/mol. The molecule has 1 aromatic heterocycles. The summed E-state index contributed by atoms with van der Waals surface area (Å²) in [5.74, 6) is 0.0800. The number of aromatic amines is 1. The standard InChI is InChI=1S/C17H21N3O2S/c1-11-9-18-16(21)5-6-20(11)10-13-7-12-3-4-14(23-2)8-15(12)19-17(13)22/h3-4,7-8,11H,5-6,9-10H2,1-2H3,(H,18,21)(H,19,22)/t11-/m1/s1. The second-order valence-electron chi connectivity index (χ2n) is 5.95. The quantitative estimate of drug-likeness (QED) is 0.844. The number of hydrogen-bond acceptors (Lipinski definition) is 4. The van der Waals surface area contributed by atoms with Crippen molar-refractivity contribution in [3.05, 3.63) is 40.2 Å². The van der Waals surface area contributed by atoms with Gasteiger partial charge in [-0.3, -0.25) is 14.5 Å². The largest absolute Gasteiger partial charge is 0.355 e. The Bertz CT molecular complexity index is 787. The third-order valence-electron chi connectivity index (χ3n) is 4.35. The number of nitrogens with one attached hydrogen (secondary N) is 2. The molecule has 1 saturated heterocycles. The maximum absolute atomic E-state index is 12.4. The molecule has 1 aromatic carbocycles. The van der Waals surface area contributed by atoms with Crippen LogP contribution in [0.2, 0.25) is 0 Å². The Morgan fingerprint density at radius 3 is 2.91 bits per heavy atom. The number of pyridine rings is 1. The summed E-state index contributed by atoms with van der Waals surface area (Å²) in [6.45, 7) is 3.94. The molecule has 3 rings (SSSR count). The van der Waals surface area contributed by atoms with Gasteiger partial charge in [0.25, 0.3) is 5.56 Å². The molecule has 2 N–H and O–H groups in total. The average Bonchev–Trinajstić information content (AvgIpc) is 2.70. The molecule has 1 atom stereocenters. The van der Waals surface area contributed by atoms with Crippen molar-refractivity contribution in [2.75, 3.05) is 19.3 Å². The van der Waals surface area contributed by atoms with Crippen LogP contribution in [0.25, 0.3) is 10.9 Å². The van der Waals surface area contributed by atoms with E-state index in [9.17, 15) is 9.59 Å². The van der Waals surface area contributed by atoms with Gasteiger partial charge in [-0.25, -0.2) is 0 Å². The van der Waals surface area contributed by atoms with Crippen LogP contribution < -0.4 is 10.9 Å². The topological polar surface area (TPSA) is 65.2 Å². The van der Waals surface area contributed by atoms with Crippen molar-refractivity contribution in [2.24, 2.45) is 0 Å². The molecule has 5 nitrogen and oxygen atoms in total. The van der Waals surface area contributed by atoms with Crippen LogP contribution in [-0.4, -0.2) is 41.2 Å². The van der Waals surface area contributed by atoms with Crippen LogP contribution in [0.4, 0.5) is 0 Å². The number of aromatic nitrogens is 1. The van der Waals surface area contributed by atoms with Crippen molar-refractivity contribution >= 4 is 28.6 Å². The molecule has 0 spiro atoms. The number of carbonyl (C=O) groups is 1. The van der Waals surface area contributed by atoms with E-state index in [1.165, 1.54) is 0 Å². The first-order valence-corrected chi connectivity index (χ1v) is 9.00.